The van der Waals surface area contributed by atoms with E-state index in [1.165, 1.54) is 18.2 Å². The van der Waals surface area contributed by atoms with E-state index < -0.39 is 0 Å². The van der Waals surface area contributed by atoms with Crippen LogP contribution in [0.2, 0.25) is 0 Å². The van der Waals surface area contributed by atoms with Crippen molar-refractivity contribution in [1.29, 1.82) is 0 Å². The minimum absolute atomic E-state index is 0.0962. The van der Waals surface area contributed by atoms with Crippen LogP contribution in [0, 0.1) is 13.8 Å². The highest BCUT2D eigenvalue weighted by molar-refractivity contribution is 5.70. The minimum Gasteiger partial charge on any atom is -0.496 e. The molecule has 1 aromatic rings. The van der Waals surface area contributed by atoms with E-state index in [1.54, 1.807) is 7.11 Å². The van der Waals surface area contributed by atoms with Crippen LogP contribution < -0.4 is 10.1 Å². The molecule has 0 aliphatic carbocycles. The van der Waals surface area contributed by atoms with Crippen molar-refractivity contribution in [3.05, 3.63) is 28.8 Å². The summed E-state index contributed by atoms with van der Waals surface area (Å²) >= 11 is 0. The van der Waals surface area contributed by atoms with Crippen LogP contribution in [-0.4, -0.2) is 32.8 Å². The summed E-state index contributed by atoms with van der Waals surface area (Å²) in [5.41, 5.74) is 3.53. The van der Waals surface area contributed by atoms with Gasteiger partial charge in [0, 0.05) is 6.04 Å². The molecule has 1 atom stereocenters. The monoisotopic (exact) mass is 279 g/mol. The Morgan fingerprint density at radius 1 is 1.25 bits per heavy atom. The summed E-state index contributed by atoms with van der Waals surface area (Å²) in [7, 11) is 3.11. The molecule has 1 unspecified atom stereocenters. The molecule has 0 amide bonds. The van der Waals surface area contributed by atoms with Crippen molar-refractivity contribution in [2.24, 2.45) is 0 Å². The smallest absolute Gasteiger partial charge is 0.307 e. The Morgan fingerprint density at radius 3 is 2.50 bits per heavy atom. The average Bonchev–Trinajstić information content (AvgIpc) is 2.42. The fourth-order valence-corrected chi connectivity index (χ4v) is 2.34. The van der Waals surface area contributed by atoms with Gasteiger partial charge in [-0.2, -0.15) is 0 Å². The third-order valence-corrected chi connectivity index (χ3v) is 3.45. The van der Waals surface area contributed by atoms with E-state index in [4.69, 9.17) is 9.47 Å². The molecule has 0 spiro atoms. The van der Waals surface area contributed by atoms with Crippen LogP contribution in [0.3, 0.4) is 0 Å². The van der Waals surface area contributed by atoms with E-state index in [2.05, 4.69) is 18.3 Å². The molecule has 1 rings (SSSR count). The Morgan fingerprint density at radius 2 is 1.95 bits per heavy atom. The number of carbonyl (C=O) groups is 1. The molecule has 4 heteroatoms. The topological polar surface area (TPSA) is 47.6 Å². The predicted octanol–water partition coefficient (Wildman–Crippen LogP) is 2.40. The molecule has 0 bridgehead atoms. The van der Waals surface area contributed by atoms with E-state index in [0.717, 1.165) is 24.3 Å². The third kappa shape index (κ3) is 4.53. The maximum atomic E-state index is 11.5. The maximum absolute atomic E-state index is 11.5. The van der Waals surface area contributed by atoms with Gasteiger partial charge in [0.15, 0.2) is 0 Å². The number of carbonyl (C=O) groups excluding carboxylic acids is 1. The average molecular weight is 279 g/mol. The molecular weight excluding hydrogens is 254 g/mol. The summed E-state index contributed by atoms with van der Waals surface area (Å²) in [6.07, 6.45) is 1.19. The Hall–Kier alpha value is -1.55. The molecule has 0 saturated heterocycles. The van der Waals surface area contributed by atoms with Gasteiger partial charge in [0.1, 0.15) is 5.75 Å². The highest BCUT2D eigenvalue weighted by Crippen LogP contribution is 2.23. The number of aryl methyl sites for hydroxylation is 2. The van der Waals surface area contributed by atoms with E-state index >= 15 is 0 Å². The van der Waals surface area contributed by atoms with Crippen LogP contribution in [0.4, 0.5) is 0 Å². The number of rotatable bonds is 7. The van der Waals surface area contributed by atoms with Crippen molar-refractivity contribution < 1.29 is 14.3 Å². The Bertz CT molecular complexity index is 457. The molecule has 0 radical (unpaired) electrons. The first kappa shape index (κ1) is 16.5. The lowest BCUT2D eigenvalue weighted by Crippen LogP contribution is -2.33. The van der Waals surface area contributed by atoms with Gasteiger partial charge >= 0.3 is 5.97 Å². The Kier molecular flexibility index (Phi) is 6.52. The summed E-state index contributed by atoms with van der Waals surface area (Å²) in [6, 6.07) is 4.28. The second-order valence-corrected chi connectivity index (χ2v) is 4.99. The summed E-state index contributed by atoms with van der Waals surface area (Å²) in [5.74, 6) is 0.720. The Labute approximate surface area is 121 Å². The SMILES string of the molecule is CCNC(CC(=O)OC)Cc1cc(C)c(OC)cc1C. The zero-order chi connectivity index (χ0) is 15.1. The van der Waals surface area contributed by atoms with Crippen LogP contribution in [0.15, 0.2) is 12.1 Å². The van der Waals surface area contributed by atoms with E-state index in [0.29, 0.717) is 6.42 Å². The van der Waals surface area contributed by atoms with Gasteiger partial charge in [-0.25, -0.2) is 0 Å². The first-order valence-electron chi connectivity index (χ1n) is 6.96. The van der Waals surface area contributed by atoms with Gasteiger partial charge in [-0.3, -0.25) is 4.79 Å². The number of hydrogen-bond acceptors (Lipinski definition) is 4. The number of esters is 1. The van der Waals surface area contributed by atoms with Crippen molar-refractivity contribution in [3.63, 3.8) is 0 Å². The number of benzene rings is 1. The van der Waals surface area contributed by atoms with Crippen molar-refractivity contribution in [3.8, 4) is 5.75 Å². The van der Waals surface area contributed by atoms with Crippen LogP contribution in [0.1, 0.15) is 30.0 Å². The van der Waals surface area contributed by atoms with Gasteiger partial charge in [-0.1, -0.05) is 13.0 Å². The molecular formula is C16H25NO3. The number of methoxy groups -OCH3 is 2. The molecule has 0 aliphatic rings. The predicted molar refractivity (Wildman–Crippen MR) is 80.3 cm³/mol. The second kappa shape index (κ2) is 7.90. The fraction of sp³-hybridized carbons (Fsp3) is 0.562. The van der Waals surface area contributed by atoms with Crippen molar-refractivity contribution in [2.45, 2.75) is 39.7 Å². The Balaban J connectivity index is 2.87. The largest absolute Gasteiger partial charge is 0.496 e. The highest BCUT2D eigenvalue weighted by Gasteiger charge is 2.16. The normalized spacial score (nSPS) is 12.1. The summed E-state index contributed by atoms with van der Waals surface area (Å²) in [4.78, 5) is 11.5. The number of likely N-dealkylation sites (N-methyl/N-ethyl adjacent to an activating group) is 1. The zero-order valence-corrected chi connectivity index (χ0v) is 13.1. The maximum Gasteiger partial charge on any atom is 0.307 e. The van der Waals surface area contributed by atoms with Gasteiger partial charge in [0.2, 0.25) is 0 Å². The first-order valence-corrected chi connectivity index (χ1v) is 6.96. The lowest BCUT2D eigenvalue weighted by atomic mass is 9.97. The summed E-state index contributed by atoms with van der Waals surface area (Å²) < 4.78 is 10.1. The van der Waals surface area contributed by atoms with Crippen LogP contribution >= 0.6 is 0 Å². The molecule has 0 heterocycles. The van der Waals surface area contributed by atoms with Crippen LogP contribution in [0.25, 0.3) is 0 Å². The molecule has 0 aromatic heterocycles. The van der Waals surface area contributed by atoms with Gasteiger partial charge in [-0.15, -0.1) is 0 Å². The van der Waals surface area contributed by atoms with Gasteiger partial charge in [-0.05, 0) is 49.6 Å². The van der Waals surface area contributed by atoms with Gasteiger partial charge < -0.3 is 14.8 Å². The zero-order valence-electron chi connectivity index (χ0n) is 13.1. The molecule has 0 fully saturated rings. The van der Waals surface area contributed by atoms with Gasteiger partial charge in [0.05, 0.1) is 20.6 Å². The molecule has 0 saturated carbocycles. The first-order chi connectivity index (χ1) is 9.51. The third-order valence-electron chi connectivity index (χ3n) is 3.45. The lowest BCUT2D eigenvalue weighted by molar-refractivity contribution is -0.141. The number of hydrogen-bond donors (Lipinski definition) is 1. The number of nitrogens with one attached hydrogen (secondary N) is 1. The minimum atomic E-state index is -0.182. The van der Waals surface area contributed by atoms with Gasteiger partial charge in [0.25, 0.3) is 0 Å². The number of ether oxygens (including phenoxy) is 2. The van der Waals surface area contributed by atoms with E-state index in [1.807, 2.05) is 19.9 Å². The quantitative estimate of drug-likeness (QED) is 0.779. The molecule has 0 aliphatic heterocycles. The van der Waals surface area contributed by atoms with Crippen molar-refractivity contribution in [2.75, 3.05) is 20.8 Å². The molecule has 112 valence electrons. The fourth-order valence-electron chi connectivity index (χ4n) is 2.34. The molecule has 4 nitrogen and oxygen atoms in total. The molecule has 1 aromatic carbocycles. The molecule has 20 heavy (non-hydrogen) atoms. The highest BCUT2D eigenvalue weighted by atomic mass is 16.5. The van der Waals surface area contributed by atoms with Crippen molar-refractivity contribution >= 4 is 5.97 Å². The van der Waals surface area contributed by atoms with Crippen LogP contribution in [-0.2, 0) is 16.0 Å². The van der Waals surface area contributed by atoms with E-state index in [9.17, 15) is 4.79 Å². The lowest BCUT2D eigenvalue weighted by Gasteiger charge is -2.19. The van der Waals surface area contributed by atoms with E-state index in [-0.39, 0.29) is 12.0 Å². The van der Waals surface area contributed by atoms with Crippen LogP contribution in [0.5, 0.6) is 5.75 Å². The molecule has 1 N–H and O–H groups in total. The second-order valence-electron chi connectivity index (χ2n) is 4.99. The summed E-state index contributed by atoms with van der Waals surface area (Å²) in [6.45, 7) is 6.97. The van der Waals surface area contributed by atoms with Crippen molar-refractivity contribution in [1.82, 2.24) is 5.32 Å². The summed E-state index contributed by atoms with van der Waals surface area (Å²) in [5, 5.41) is 3.34. The standard InChI is InChI=1S/C16H25NO3/c1-6-17-14(10-16(18)20-5)9-13-7-12(3)15(19-4)8-11(13)2/h7-8,14,17H,6,9-10H2,1-5H3.